The molecular weight excluding hydrogens is 218 g/mol. The van der Waals surface area contributed by atoms with Crippen LogP contribution in [0.4, 0.5) is 0 Å². The van der Waals surface area contributed by atoms with Crippen molar-refractivity contribution in [2.75, 3.05) is 6.61 Å². The zero-order valence-corrected chi connectivity index (χ0v) is 9.24. The summed E-state index contributed by atoms with van der Waals surface area (Å²) in [6, 6.07) is 9.38. The Labute approximate surface area is 99.3 Å². The van der Waals surface area contributed by atoms with Gasteiger partial charge < -0.3 is 9.84 Å². The quantitative estimate of drug-likeness (QED) is 0.796. The lowest BCUT2D eigenvalue weighted by Crippen LogP contribution is -2.07. The first-order chi connectivity index (χ1) is 8.29. The Balaban J connectivity index is 1.93. The summed E-state index contributed by atoms with van der Waals surface area (Å²) in [7, 11) is 0. The maximum Gasteiger partial charge on any atom is 0.164 e. The van der Waals surface area contributed by atoms with Gasteiger partial charge >= 0.3 is 0 Å². The van der Waals surface area contributed by atoms with E-state index in [1.807, 2.05) is 30.3 Å². The molecule has 0 bridgehead atoms. The van der Waals surface area contributed by atoms with Crippen molar-refractivity contribution in [3.8, 4) is 5.75 Å². The Morgan fingerprint density at radius 2 is 2.18 bits per heavy atom. The molecule has 0 saturated heterocycles. The van der Waals surface area contributed by atoms with E-state index in [1.165, 1.54) is 0 Å². The molecule has 0 spiro atoms. The van der Waals surface area contributed by atoms with Gasteiger partial charge in [-0.1, -0.05) is 18.2 Å². The van der Waals surface area contributed by atoms with E-state index in [0.29, 0.717) is 30.7 Å². The van der Waals surface area contributed by atoms with Crippen molar-refractivity contribution >= 4 is 12.0 Å². The van der Waals surface area contributed by atoms with Gasteiger partial charge in [-0.05, 0) is 18.2 Å². The van der Waals surface area contributed by atoms with Gasteiger partial charge in [-0.25, -0.2) is 0 Å². The van der Waals surface area contributed by atoms with Crippen LogP contribution in [0.2, 0.25) is 0 Å². The molecule has 0 fully saturated rings. The summed E-state index contributed by atoms with van der Waals surface area (Å²) in [5.74, 6) is 0.761. The fraction of sp³-hybridized carbons (Fsp3) is 0.231. The molecule has 1 aliphatic heterocycles. The summed E-state index contributed by atoms with van der Waals surface area (Å²) in [4.78, 5) is 14.5. The van der Waals surface area contributed by atoms with Crippen LogP contribution in [0.5, 0.6) is 5.75 Å². The number of carbonyl (C=O) groups excluding carboxylic acids is 1. The number of hydrogen-bond acceptors (Lipinski definition) is 4. The molecule has 88 valence electrons. The number of aliphatic imine (C=N–C) groups is 1. The van der Waals surface area contributed by atoms with Crippen molar-refractivity contribution in [2.45, 2.75) is 12.5 Å². The Morgan fingerprint density at radius 3 is 2.82 bits per heavy atom. The third kappa shape index (κ3) is 3.01. The van der Waals surface area contributed by atoms with Gasteiger partial charge in [0, 0.05) is 6.42 Å². The van der Waals surface area contributed by atoms with Crippen LogP contribution >= 0.6 is 0 Å². The summed E-state index contributed by atoms with van der Waals surface area (Å²) < 4.78 is 5.44. The Bertz CT molecular complexity index is 451. The Morgan fingerprint density at radius 1 is 1.41 bits per heavy atom. The van der Waals surface area contributed by atoms with Gasteiger partial charge in [0.1, 0.15) is 18.5 Å². The largest absolute Gasteiger partial charge is 0.489 e. The predicted molar refractivity (Wildman–Crippen MR) is 64.1 cm³/mol. The van der Waals surface area contributed by atoms with E-state index in [-0.39, 0.29) is 0 Å². The van der Waals surface area contributed by atoms with Crippen LogP contribution in [0, 0.1) is 0 Å². The van der Waals surface area contributed by atoms with Crippen molar-refractivity contribution in [3.63, 3.8) is 0 Å². The van der Waals surface area contributed by atoms with Crippen molar-refractivity contribution in [3.05, 3.63) is 42.1 Å². The second kappa shape index (κ2) is 5.41. The fourth-order valence-corrected chi connectivity index (χ4v) is 1.58. The van der Waals surface area contributed by atoms with E-state index in [9.17, 15) is 9.90 Å². The summed E-state index contributed by atoms with van der Waals surface area (Å²) >= 11 is 0. The van der Waals surface area contributed by atoms with Gasteiger partial charge in [0.2, 0.25) is 0 Å². The zero-order valence-electron chi connectivity index (χ0n) is 9.24. The second-order valence-electron chi connectivity index (χ2n) is 3.69. The minimum Gasteiger partial charge on any atom is -0.489 e. The van der Waals surface area contributed by atoms with Crippen LogP contribution < -0.4 is 4.74 Å². The number of carbonyl (C=O) groups is 1. The molecule has 1 N–H and O–H groups in total. The third-order valence-electron chi connectivity index (χ3n) is 2.44. The van der Waals surface area contributed by atoms with E-state index in [2.05, 4.69) is 4.99 Å². The molecule has 2 rings (SSSR count). The Kier molecular flexibility index (Phi) is 3.67. The average Bonchev–Trinajstić information content (AvgIpc) is 2.72. The Hall–Kier alpha value is -1.94. The summed E-state index contributed by atoms with van der Waals surface area (Å²) in [6.07, 6.45) is 1.96. The first kappa shape index (κ1) is 11.5. The van der Waals surface area contributed by atoms with Crippen molar-refractivity contribution < 1.29 is 14.6 Å². The number of aldehydes is 1. The molecule has 0 saturated carbocycles. The van der Waals surface area contributed by atoms with Crippen molar-refractivity contribution in [1.82, 2.24) is 0 Å². The SMILES string of the molecule is O=CC1=NC(=CCOc2ccccc2)C(O)C1. The lowest BCUT2D eigenvalue weighted by Gasteiger charge is -2.04. The minimum atomic E-state index is -0.686. The number of hydrogen-bond donors (Lipinski definition) is 1. The van der Waals surface area contributed by atoms with Gasteiger partial charge in [0.05, 0.1) is 11.4 Å². The van der Waals surface area contributed by atoms with Crippen molar-refractivity contribution in [2.24, 2.45) is 4.99 Å². The smallest absolute Gasteiger partial charge is 0.164 e. The lowest BCUT2D eigenvalue weighted by molar-refractivity contribution is -0.102. The van der Waals surface area contributed by atoms with Gasteiger partial charge in [-0.15, -0.1) is 0 Å². The van der Waals surface area contributed by atoms with Crippen LogP contribution in [0.25, 0.3) is 0 Å². The van der Waals surface area contributed by atoms with Crippen LogP contribution in [0.15, 0.2) is 47.1 Å². The van der Waals surface area contributed by atoms with E-state index in [0.717, 1.165) is 5.75 Å². The molecule has 1 atom stereocenters. The van der Waals surface area contributed by atoms with Crippen molar-refractivity contribution in [1.29, 1.82) is 0 Å². The van der Waals surface area contributed by atoms with Crippen LogP contribution in [0.3, 0.4) is 0 Å². The number of para-hydroxylation sites is 1. The second-order valence-corrected chi connectivity index (χ2v) is 3.69. The van der Waals surface area contributed by atoms with Gasteiger partial charge in [-0.3, -0.25) is 9.79 Å². The molecule has 0 radical (unpaired) electrons. The summed E-state index contributed by atoms with van der Waals surface area (Å²) in [6.45, 7) is 0.325. The number of aliphatic hydroxyl groups excluding tert-OH is 1. The molecule has 0 amide bonds. The number of benzene rings is 1. The molecule has 1 unspecified atom stereocenters. The predicted octanol–water partition coefficient (Wildman–Crippen LogP) is 1.35. The zero-order chi connectivity index (χ0) is 12.1. The first-order valence-electron chi connectivity index (χ1n) is 5.38. The third-order valence-corrected chi connectivity index (χ3v) is 2.44. The van der Waals surface area contributed by atoms with Gasteiger partial charge in [0.25, 0.3) is 0 Å². The molecule has 1 aliphatic rings. The number of rotatable bonds is 4. The molecule has 1 heterocycles. The molecule has 0 aromatic heterocycles. The van der Waals surface area contributed by atoms with Gasteiger partial charge in [0.15, 0.2) is 6.29 Å². The fourth-order valence-electron chi connectivity index (χ4n) is 1.58. The number of nitrogens with zero attached hydrogens (tertiary/aromatic N) is 1. The highest BCUT2D eigenvalue weighted by atomic mass is 16.5. The molecule has 4 nitrogen and oxygen atoms in total. The molecular formula is C13H13NO3. The van der Waals surface area contributed by atoms with E-state index < -0.39 is 6.10 Å². The maximum absolute atomic E-state index is 10.5. The number of ether oxygens (including phenoxy) is 1. The first-order valence-corrected chi connectivity index (χ1v) is 5.38. The van der Waals surface area contributed by atoms with E-state index >= 15 is 0 Å². The highest BCUT2D eigenvalue weighted by molar-refractivity contribution is 6.29. The topological polar surface area (TPSA) is 58.9 Å². The number of aliphatic hydroxyl groups is 1. The molecule has 0 aliphatic carbocycles. The summed E-state index contributed by atoms with van der Waals surface area (Å²) in [5, 5.41) is 9.59. The van der Waals surface area contributed by atoms with Gasteiger partial charge in [-0.2, -0.15) is 0 Å². The minimum absolute atomic E-state index is 0.292. The summed E-state index contributed by atoms with van der Waals surface area (Å²) in [5.41, 5.74) is 0.881. The van der Waals surface area contributed by atoms with E-state index in [1.54, 1.807) is 6.08 Å². The average molecular weight is 231 g/mol. The highest BCUT2D eigenvalue weighted by Crippen LogP contribution is 2.17. The monoisotopic (exact) mass is 231 g/mol. The normalized spacial score (nSPS) is 21.4. The van der Waals surface area contributed by atoms with Crippen LogP contribution in [0.1, 0.15) is 6.42 Å². The molecule has 4 heteroatoms. The standard InChI is InChI=1S/C13H13NO3/c15-9-10-8-13(16)12(14-10)6-7-17-11-4-2-1-3-5-11/h1-6,9,13,16H,7-8H2. The molecule has 1 aromatic rings. The van der Waals surface area contributed by atoms with Crippen LogP contribution in [-0.4, -0.2) is 29.8 Å². The highest BCUT2D eigenvalue weighted by Gasteiger charge is 2.20. The maximum atomic E-state index is 10.5. The molecule has 17 heavy (non-hydrogen) atoms. The molecule has 1 aromatic carbocycles. The lowest BCUT2D eigenvalue weighted by atomic mass is 10.2. The van der Waals surface area contributed by atoms with E-state index in [4.69, 9.17) is 4.74 Å². The van der Waals surface area contributed by atoms with Crippen LogP contribution in [-0.2, 0) is 4.79 Å².